The van der Waals surface area contributed by atoms with E-state index in [0.29, 0.717) is 16.5 Å². The van der Waals surface area contributed by atoms with Crippen molar-refractivity contribution in [1.29, 1.82) is 0 Å². The molecule has 1 amide bonds. The molecule has 1 aromatic carbocycles. The monoisotopic (exact) mass is 295 g/mol. The molecule has 0 saturated heterocycles. The third-order valence-electron chi connectivity index (χ3n) is 2.05. The predicted octanol–water partition coefficient (Wildman–Crippen LogP) is 2.25. The number of aliphatic hydroxyl groups excluding tert-OH is 1. The van der Waals surface area contributed by atoms with Crippen molar-refractivity contribution in [3.63, 3.8) is 0 Å². The molecule has 0 unspecified atom stereocenters. The van der Waals surface area contributed by atoms with Crippen LogP contribution in [0.15, 0.2) is 18.2 Å². The largest absolute Gasteiger partial charge is 0.391 e. The Hall–Kier alpha value is -0.480. The fraction of sp³-hybridized carbons (Fsp3) is 0.364. The van der Waals surface area contributed by atoms with Crippen LogP contribution in [0.5, 0.6) is 0 Å². The van der Waals surface area contributed by atoms with E-state index in [1.54, 1.807) is 18.2 Å². The van der Waals surface area contributed by atoms with Gasteiger partial charge in [-0.3, -0.25) is 4.79 Å². The van der Waals surface area contributed by atoms with Crippen LogP contribution in [0.4, 0.5) is 0 Å². The van der Waals surface area contributed by atoms with E-state index in [9.17, 15) is 9.90 Å². The second-order valence-electron chi connectivity index (χ2n) is 3.57. The van der Waals surface area contributed by atoms with Crippen LogP contribution >= 0.6 is 34.8 Å². The molecule has 0 bridgehead atoms. The third kappa shape index (κ3) is 5.59. The van der Waals surface area contributed by atoms with E-state index in [2.05, 4.69) is 5.32 Å². The summed E-state index contributed by atoms with van der Waals surface area (Å²) < 4.78 is 0. The molecule has 0 aliphatic carbocycles. The highest BCUT2D eigenvalue weighted by molar-refractivity contribution is 6.34. The zero-order chi connectivity index (χ0) is 12.8. The summed E-state index contributed by atoms with van der Waals surface area (Å²) in [6.07, 6.45) is -0.334. The standard InChI is InChI=1S/C11H12Cl3NO2/c12-5-11(17)15-6-10(16)3-7-1-8(13)4-9(14)2-7/h1-2,4,10,16H,3,5-6H2,(H,15,17)/t10-/m1/s1. The lowest BCUT2D eigenvalue weighted by Crippen LogP contribution is -2.33. The van der Waals surface area contributed by atoms with Gasteiger partial charge in [0, 0.05) is 23.0 Å². The number of hydrogen-bond donors (Lipinski definition) is 2. The molecule has 17 heavy (non-hydrogen) atoms. The summed E-state index contributed by atoms with van der Waals surface area (Å²) in [5, 5.41) is 13.2. The zero-order valence-electron chi connectivity index (χ0n) is 8.92. The Morgan fingerprint density at radius 3 is 2.41 bits per heavy atom. The maximum Gasteiger partial charge on any atom is 0.235 e. The molecule has 2 N–H and O–H groups in total. The van der Waals surface area contributed by atoms with Crippen LogP contribution in [-0.2, 0) is 11.2 Å². The number of halogens is 3. The number of rotatable bonds is 5. The average molecular weight is 297 g/mol. The Kier molecular flexibility index (Phi) is 6.06. The molecule has 0 fully saturated rings. The summed E-state index contributed by atoms with van der Waals surface area (Å²) in [5.74, 6) is -0.426. The lowest BCUT2D eigenvalue weighted by Gasteiger charge is -2.11. The Labute approximate surface area is 115 Å². The Morgan fingerprint density at radius 2 is 1.88 bits per heavy atom. The molecule has 0 aliphatic rings. The number of carbonyl (C=O) groups is 1. The molecular formula is C11H12Cl3NO2. The molecule has 0 heterocycles. The number of benzene rings is 1. The van der Waals surface area contributed by atoms with Gasteiger partial charge < -0.3 is 10.4 Å². The molecule has 0 aromatic heterocycles. The number of hydrogen-bond acceptors (Lipinski definition) is 2. The van der Waals surface area contributed by atoms with Gasteiger partial charge in [-0.1, -0.05) is 23.2 Å². The highest BCUT2D eigenvalue weighted by Crippen LogP contribution is 2.19. The Morgan fingerprint density at radius 1 is 1.29 bits per heavy atom. The molecule has 1 rings (SSSR count). The highest BCUT2D eigenvalue weighted by Gasteiger charge is 2.08. The topological polar surface area (TPSA) is 49.3 Å². The van der Waals surface area contributed by atoms with Gasteiger partial charge in [-0.25, -0.2) is 0 Å². The number of amides is 1. The van der Waals surface area contributed by atoms with Crippen molar-refractivity contribution in [3.8, 4) is 0 Å². The van der Waals surface area contributed by atoms with Crippen LogP contribution in [0.25, 0.3) is 0 Å². The average Bonchev–Trinajstić information content (AvgIpc) is 2.24. The third-order valence-corrected chi connectivity index (χ3v) is 2.73. The number of aliphatic hydroxyl groups is 1. The molecule has 0 saturated carbocycles. The maximum atomic E-state index is 10.9. The van der Waals surface area contributed by atoms with Gasteiger partial charge in [0.25, 0.3) is 0 Å². The molecule has 0 spiro atoms. The van der Waals surface area contributed by atoms with Crippen LogP contribution in [0.2, 0.25) is 10.0 Å². The van der Waals surface area contributed by atoms with Crippen molar-refractivity contribution in [2.24, 2.45) is 0 Å². The van der Waals surface area contributed by atoms with Crippen molar-refractivity contribution in [3.05, 3.63) is 33.8 Å². The van der Waals surface area contributed by atoms with E-state index in [-0.39, 0.29) is 18.3 Å². The summed E-state index contributed by atoms with van der Waals surface area (Å²) in [4.78, 5) is 10.9. The Balaban J connectivity index is 2.50. The van der Waals surface area contributed by atoms with E-state index in [4.69, 9.17) is 34.8 Å². The second-order valence-corrected chi connectivity index (χ2v) is 4.71. The molecule has 1 atom stereocenters. The van der Waals surface area contributed by atoms with Crippen molar-refractivity contribution in [2.75, 3.05) is 12.4 Å². The van der Waals surface area contributed by atoms with Gasteiger partial charge in [0.05, 0.1) is 6.10 Å². The number of carbonyl (C=O) groups excluding carboxylic acids is 1. The minimum absolute atomic E-state index is 0.115. The number of alkyl halides is 1. The fourth-order valence-corrected chi connectivity index (χ4v) is 2.02. The van der Waals surface area contributed by atoms with E-state index in [1.807, 2.05) is 0 Å². The quantitative estimate of drug-likeness (QED) is 0.819. The summed E-state index contributed by atoms with van der Waals surface area (Å²) in [7, 11) is 0. The molecule has 94 valence electrons. The van der Waals surface area contributed by atoms with Gasteiger partial charge in [0.15, 0.2) is 0 Å². The summed E-state index contributed by atoms with van der Waals surface area (Å²) in [5.41, 5.74) is 0.815. The summed E-state index contributed by atoms with van der Waals surface area (Å²) in [6, 6.07) is 5.06. The van der Waals surface area contributed by atoms with Crippen LogP contribution < -0.4 is 5.32 Å². The van der Waals surface area contributed by atoms with Crippen molar-refractivity contribution in [2.45, 2.75) is 12.5 Å². The van der Waals surface area contributed by atoms with Gasteiger partial charge in [-0.2, -0.15) is 0 Å². The van der Waals surface area contributed by atoms with Crippen LogP contribution in [0.1, 0.15) is 5.56 Å². The lowest BCUT2D eigenvalue weighted by atomic mass is 10.1. The van der Waals surface area contributed by atoms with Crippen LogP contribution in [-0.4, -0.2) is 29.5 Å². The van der Waals surface area contributed by atoms with Gasteiger partial charge in [-0.05, 0) is 23.8 Å². The van der Waals surface area contributed by atoms with E-state index >= 15 is 0 Å². The van der Waals surface area contributed by atoms with Crippen molar-refractivity contribution in [1.82, 2.24) is 5.32 Å². The van der Waals surface area contributed by atoms with E-state index in [1.165, 1.54) is 0 Å². The van der Waals surface area contributed by atoms with Crippen LogP contribution in [0, 0.1) is 0 Å². The van der Waals surface area contributed by atoms with E-state index < -0.39 is 6.10 Å². The van der Waals surface area contributed by atoms with E-state index in [0.717, 1.165) is 5.56 Å². The molecule has 3 nitrogen and oxygen atoms in total. The Bertz CT molecular complexity index is 378. The van der Waals surface area contributed by atoms with Crippen LogP contribution in [0.3, 0.4) is 0 Å². The molecule has 1 aromatic rings. The van der Waals surface area contributed by atoms with Crippen molar-refractivity contribution >= 4 is 40.7 Å². The first kappa shape index (κ1) is 14.6. The minimum atomic E-state index is -0.698. The SMILES string of the molecule is O=C(CCl)NC[C@H](O)Cc1cc(Cl)cc(Cl)c1. The first-order valence-corrected chi connectivity index (χ1v) is 6.26. The fourth-order valence-electron chi connectivity index (χ4n) is 1.35. The van der Waals surface area contributed by atoms with Gasteiger partial charge in [-0.15, -0.1) is 11.6 Å². The minimum Gasteiger partial charge on any atom is -0.391 e. The lowest BCUT2D eigenvalue weighted by molar-refractivity contribution is -0.119. The van der Waals surface area contributed by atoms with Gasteiger partial charge in [0.1, 0.15) is 5.88 Å². The normalized spacial score (nSPS) is 12.2. The highest BCUT2D eigenvalue weighted by atomic mass is 35.5. The maximum absolute atomic E-state index is 10.9. The molecule has 0 aliphatic heterocycles. The van der Waals surface area contributed by atoms with Gasteiger partial charge in [0.2, 0.25) is 5.91 Å². The first-order chi connectivity index (χ1) is 8.01. The predicted molar refractivity (Wildman–Crippen MR) is 69.9 cm³/mol. The van der Waals surface area contributed by atoms with Crippen molar-refractivity contribution < 1.29 is 9.90 Å². The summed E-state index contributed by atoms with van der Waals surface area (Å²) >= 11 is 17.0. The second kappa shape index (κ2) is 7.07. The molecule has 6 heteroatoms. The first-order valence-electron chi connectivity index (χ1n) is 4.97. The number of nitrogens with one attached hydrogen (secondary N) is 1. The van der Waals surface area contributed by atoms with Gasteiger partial charge >= 0.3 is 0 Å². The summed E-state index contributed by atoms with van der Waals surface area (Å²) in [6.45, 7) is 0.148. The smallest absolute Gasteiger partial charge is 0.235 e. The molecular weight excluding hydrogens is 284 g/mol. The zero-order valence-corrected chi connectivity index (χ0v) is 11.2. The molecule has 0 radical (unpaired) electrons.